The summed E-state index contributed by atoms with van der Waals surface area (Å²) in [5, 5.41) is 4.10. The van der Waals surface area contributed by atoms with Crippen LogP contribution in [0.1, 0.15) is 5.69 Å². The van der Waals surface area contributed by atoms with Crippen molar-refractivity contribution in [2.45, 2.75) is 6.42 Å². The van der Waals surface area contributed by atoms with Gasteiger partial charge in [-0.05, 0) is 18.2 Å². The number of nitrogens with zero attached hydrogens (tertiary/aromatic N) is 2. The lowest BCUT2D eigenvalue weighted by molar-refractivity contribution is 0.320. The molecule has 0 bridgehead atoms. The highest BCUT2D eigenvalue weighted by molar-refractivity contribution is 5.51. The second-order valence-corrected chi connectivity index (χ2v) is 3.58. The van der Waals surface area contributed by atoms with E-state index in [9.17, 15) is 0 Å². The van der Waals surface area contributed by atoms with Gasteiger partial charge < -0.3 is 10.5 Å². The summed E-state index contributed by atoms with van der Waals surface area (Å²) in [5.74, 6) is 0.740. The number of ether oxygens (including phenoxy) is 1. The summed E-state index contributed by atoms with van der Waals surface area (Å²) in [6.45, 7) is 0.605. The first-order valence-corrected chi connectivity index (χ1v) is 5.21. The molecule has 1 aromatic carbocycles. The number of aryl methyl sites for hydroxylation is 1. The van der Waals surface area contributed by atoms with E-state index in [2.05, 4.69) is 5.10 Å². The van der Waals surface area contributed by atoms with E-state index >= 15 is 0 Å². The van der Waals surface area contributed by atoms with E-state index < -0.39 is 0 Å². The monoisotopic (exact) mass is 217 g/mol. The molecule has 2 aromatic rings. The highest BCUT2D eigenvalue weighted by Gasteiger charge is 2.01. The second-order valence-electron chi connectivity index (χ2n) is 3.58. The summed E-state index contributed by atoms with van der Waals surface area (Å²) in [4.78, 5) is 0. The number of benzene rings is 1. The van der Waals surface area contributed by atoms with Gasteiger partial charge in [-0.15, -0.1) is 0 Å². The van der Waals surface area contributed by atoms with E-state index in [-0.39, 0.29) is 0 Å². The first kappa shape index (κ1) is 10.5. The van der Waals surface area contributed by atoms with E-state index in [4.69, 9.17) is 10.5 Å². The molecule has 2 rings (SSSR count). The fourth-order valence-electron chi connectivity index (χ4n) is 1.52. The molecule has 0 amide bonds. The molecular formula is C12H15N3O. The van der Waals surface area contributed by atoms with Crippen LogP contribution in [0.4, 0.5) is 5.69 Å². The van der Waals surface area contributed by atoms with Gasteiger partial charge >= 0.3 is 0 Å². The molecule has 1 heterocycles. The SMILES string of the molecule is Cn1nccc1CCOc1ccccc1N. The third kappa shape index (κ3) is 2.34. The van der Waals surface area contributed by atoms with E-state index in [0.29, 0.717) is 12.3 Å². The van der Waals surface area contributed by atoms with Gasteiger partial charge in [0.2, 0.25) is 0 Å². The Morgan fingerprint density at radius 1 is 1.31 bits per heavy atom. The Morgan fingerprint density at radius 3 is 2.81 bits per heavy atom. The number of nitrogens with two attached hydrogens (primary N) is 1. The zero-order valence-electron chi connectivity index (χ0n) is 9.26. The van der Waals surface area contributed by atoms with Crippen molar-refractivity contribution < 1.29 is 4.74 Å². The first-order valence-electron chi connectivity index (χ1n) is 5.21. The Hall–Kier alpha value is -1.97. The molecule has 0 aliphatic carbocycles. The van der Waals surface area contributed by atoms with Gasteiger partial charge in [0.25, 0.3) is 0 Å². The van der Waals surface area contributed by atoms with Crippen molar-refractivity contribution in [3.05, 3.63) is 42.2 Å². The molecule has 16 heavy (non-hydrogen) atoms. The Kier molecular flexibility index (Phi) is 3.10. The van der Waals surface area contributed by atoms with Crippen molar-refractivity contribution >= 4 is 5.69 Å². The summed E-state index contributed by atoms with van der Waals surface area (Å²) in [6, 6.07) is 9.49. The second kappa shape index (κ2) is 4.70. The van der Waals surface area contributed by atoms with Gasteiger partial charge in [0.1, 0.15) is 5.75 Å². The molecule has 0 aliphatic rings. The summed E-state index contributed by atoms with van der Waals surface area (Å²) in [7, 11) is 1.92. The molecule has 1 aromatic heterocycles. The molecule has 4 nitrogen and oxygen atoms in total. The number of hydrogen-bond donors (Lipinski definition) is 1. The molecule has 0 radical (unpaired) electrons. The number of para-hydroxylation sites is 2. The van der Waals surface area contributed by atoms with Crippen molar-refractivity contribution in [3.8, 4) is 5.75 Å². The molecule has 4 heteroatoms. The summed E-state index contributed by atoms with van der Waals surface area (Å²) in [5.41, 5.74) is 7.59. The fraction of sp³-hybridized carbons (Fsp3) is 0.250. The third-order valence-electron chi connectivity index (χ3n) is 2.46. The molecule has 0 saturated heterocycles. The van der Waals surface area contributed by atoms with Gasteiger partial charge in [-0.1, -0.05) is 12.1 Å². The lowest BCUT2D eigenvalue weighted by Gasteiger charge is -2.08. The van der Waals surface area contributed by atoms with Crippen LogP contribution in [0.3, 0.4) is 0 Å². The highest BCUT2D eigenvalue weighted by Crippen LogP contribution is 2.19. The van der Waals surface area contributed by atoms with E-state index in [1.165, 1.54) is 0 Å². The highest BCUT2D eigenvalue weighted by atomic mass is 16.5. The van der Waals surface area contributed by atoms with Crippen LogP contribution in [0.2, 0.25) is 0 Å². The third-order valence-corrected chi connectivity index (χ3v) is 2.46. The van der Waals surface area contributed by atoms with Gasteiger partial charge in [0.05, 0.1) is 12.3 Å². The lowest BCUT2D eigenvalue weighted by atomic mass is 10.3. The van der Waals surface area contributed by atoms with Crippen molar-refractivity contribution in [1.82, 2.24) is 9.78 Å². The van der Waals surface area contributed by atoms with E-state index in [0.717, 1.165) is 17.9 Å². The predicted molar refractivity (Wildman–Crippen MR) is 63.3 cm³/mol. The largest absolute Gasteiger partial charge is 0.491 e. The average Bonchev–Trinajstić information content (AvgIpc) is 2.67. The van der Waals surface area contributed by atoms with Crippen molar-refractivity contribution in [2.75, 3.05) is 12.3 Å². The van der Waals surface area contributed by atoms with Gasteiger partial charge in [-0.2, -0.15) is 5.10 Å². The maximum atomic E-state index is 5.77. The molecule has 0 fully saturated rings. The molecule has 0 aliphatic heterocycles. The zero-order valence-corrected chi connectivity index (χ0v) is 9.26. The fourth-order valence-corrected chi connectivity index (χ4v) is 1.52. The smallest absolute Gasteiger partial charge is 0.142 e. The molecular weight excluding hydrogens is 202 g/mol. The minimum atomic E-state index is 0.605. The van der Waals surface area contributed by atoms with Crippen LogP contribution >= 0.6 is 0 Å². The topological polar surface area (TPSA) is 53.1 Å². The Morgan fingerprint density at radius 2 is 2.12 bits per heavy atom. The molecule has 0 unspecified atom stereocenters. The Balaban J connectivity index is 1.89. The quantitative estimate of drug-likeness (QED) is 0.792. The number of nitrogen functional groups attached to an aromatic ring is 1. The minimum absolute atomic E-state index is 0.605. The van der Waals surface area contributed by atoms with Crippen LogP contribution in [0.25, 0.3) is 0 Å². The summed E-state index contributed by atoms with van der Waals surface area (Å²) >= 11 is 0. The molecule has 0 atom stereocenters. The average molecular weight is 217 g/mol. The van der Waals surface area contributed by atoms with Gasteiger partial charge in [0.15, 0.2) is 0 Å². The summed E-state index contributed by atoms with van der Waals surface area (Å²) < 4.78 is 7.44. The van der Waals surface area contributed by atoms with Crippen molar-refractivity contribution in [2.24, 2.45) is 7.05 Å². The van der Waals surface area contributed by atoms with E-state index in [1.54, 1.807) is 6.20 Å². The van der Waals surface area contributed by atoms with E-state index in [1.807, 2.05) is 42.1 Å². The van der Waals surface area contributed by atoms with Gasteiger partial charge in [-0.25, -0.2) is 0 Å². The molecule has 0 spiro atoms. The summed E-state index contributed by atoms with van der Waals surface area (Å²) in [6.07, 6.45) is 2.61. The normalized spacial score (nSPS) is 10.3. The molecule has 2 N–H and O–H groups in total. The Labute approximate surface area is 94.6 Å². The Bertz CT molecular complexity index is 465. The van der Waals surface area contributed by atoms with Gasteiger partial charge in [-0.3, -0.25) is 4.68 Å². The maximum absolute atomic E-state index is 5.77. The number of hydrogen-bond acceptors (Lipinski definition) is 3. The predicted octanol–water partition coefficient (Wildman–Crippen LogP) is 1.62. The van der Waals surface area contributed by atoms with Crippen LogP contribution in [-0.4, -0.2) is 16.4 Å². The van der Waals surface area contributed by atoms with Crippen molar-refractivity contribution in [3.63, 3.8) is 0 Å². The number of rotatable bonds is 4. The van der Waals surface area contributed by atoms with Crippen LogP contribution in [-0.2, 0) is 13.5 Å². The lowest BCUT2D eigenvalue weighted by Crippen LogP contribution is -2.06. The van der Waals surface area contributed by atoms with Crippen molar-refractivity contribution in [1.29, 1.82) is 0 Å². The van der Waals surface area contributed by atoms with Crippen LogP contribution in [0.15, 0.2) is 36.5 Å². The van der Waals surface area contributed by atoms with Crippen LogP contribution < -0.4 is 10.5 Å². The van der Waals surface area contributed by atoms with Crippen LogP contribution in [0.5, 0.6) is 5.75 Å². The van der Waals surface area contributed by atoms with Crippen LogP contribution in [0, 0.1) is 0 Å². The molecule has 0 saturated carbocycles. The zero-order chi connectivity index (χ0) is 11.4. The maximum Gasteiger partial charge on any atom is 0.142 e. The minimum Gasteiger partial charge on any atom is -0.491 e. The molecule has 84 valence electrons. The first-order chi connectivity index (χ1) is 7.77. The standard InChI is InChI=1S/C12H15N3O/c1-15-10(6-8-14-15)7-9-16-12-5-3-2-4-11(12)13/h2-6,8H,7,9,13H2,1H3. The van der Waals surface area contributed by atoms with Gasteiger partial charge in [0, 0.05) is 25.4 Å². The number of anilines is 1. The number of aromatic nitrogens is 2.